The number of aliphatic hydroxyl groups is 1. The molecule has 0 aliphatic heterocycles. The number of amides is 1. The highest BCUT2D eigenvalue weighted by molar-refractivity contribution is 7.45. The number of quaternary nitrogens is 1. The largest absolute Gasteiger partial charge is 0.756 e. The molecule has 9 heteroatoms. The number of phosphoric ester groups is 1. The SMILES string of the molecule is CC/C=C\C/C=C\C/C=C\C/C=C\C/C=C\C/C=C\C/C=C\C/C=C\CCCCCCCCC(=O)NC(COP(=O)([O-])OCC[N+](C)(C)C)C(O)/C=C/CC/C=C/CCCCCC. The highest BCUT2D eigenvalue weighted by Crippen LogP contribution is 2.38. The predicted molar refractivity (Wildman–Crippen MR) is 269 cm³/mol. The number of hydrogen-bond donors (Lipinski definition) is 2. The van der Waals surface area contributed by atoms with Gasteiger partial charge in [0, 0.05) is 6.42 Å². The third kappa shape index (κ3) is 46.7. The van der Waals surface area contributed by atoms with E-state index in [1.807, 2.05) is 27.2 Å². The van der Waals surface area contributed by atoms with E-state index in [-0.39, 0.29) is 12.5 Å². The number of likely N-dealkylation sites (N-methyl/N-ethyl adjacent to an activating group) is 1. The molecule has 0 heterocycles. The van der Waals surface area contributed by atoms with E-state index in [1.165, 1.54) is 25.7 Å². The van der Waals surface area contributed by atoms with Crippen LogP contribution in [-0.2, 0) is 18.4 Å². The number of hydrogen-bond acceptors (Lipinski definition) is 6. The van der Waals surface area contributed by atoms with Gasteiger partial charge >= 0.3 is 0 Å². The lowest BCUT2D eigenvalue weighted by Crippen LogP contribution is -2.45. The Balaban J connectivity index is 4.26. The van der Waals surface area contributed by atoms with Crippen molar-refractivity contribution in [3.8, 4) is 0 Å². The van der Waals surface area contributed by atoms with Crippen LogP contribution in [-0.4, -0.2) is 68.5 Å². The Hall–Kier alpha value is -3.10. The van der Waals surface area contributed by atoms with Gasteiger partial charge in [0.25, 0.3) is 7.82 Å². The van der Waals surface area contributed by atoms with Gasteiger partial charge in [-0.1, -0.05) is 180 Å². The van der Waals surface area contributed by atoms with Gasteiger partial charge in [-0.2, -0.15) is 0 Å². The first-order valence-electron chi connectivity index (χ1n) is 24.4. The van der Waals surface area contributed by atoms with Gasteiger partial charge in [-0.15, -0.1) is 0 Å². The maximum Gasteiger partial charge on any atom is 0.268 e. The van der Waals surface area contributed by atoms with Gasteiger partial charge in [0.15, 0.2) is 0 Å². The second kappa shape index (κ2) is 44.1. The number of nitrogens with zero attached hydrogens (tertiary/aromatic N) is 1. The van der Waals surface area contributed by atoms with Crippen LogP contribution < -0.4 is 10.2 Å². The van der Waals surface area contributed by atoms with E-state index in [2.05, 4.69) is 129 Å². The van der Waals surface area contributed by atoms with E-state index in [9.17, 15) is 19.4 Å². The fourth-order valence-corrected chi connectivity index (χ4v) is 6.79. The maximum atomic E-state index is 12.9. The molecule has 2 N–H and O–H groups in total. The van der Waals surface area contributed by atoms with E-state index in [0.717, 1.165) is 116 Å². The monoisotopic (exact) mass is 895 g/mol. The quantitative estimate of drug-likeness (QED) is 0.0273. The molecule has 0 aliphatic rings. The number of carbonyl (C=O) groups is 1. The van der Waals surface area contributed by atoms with Crippen LogP contribution in [0.2, 0.25) is 0 Å². The molecule has 3 unspecified atom stereocenters. The summed E-state index contributed by atoms with van der Waals surface area (Å²) in [5.74, 6) is -0.231. The van der Waals surface area contributed by atoms with Gasteiger partial charge in [-0.25, -0.2) is 0 Å². The normalized spacial score (nSPS) is 15.2. The summed E-state index contributed by atoms with van der Waals surface area (Å²) in [6.07, 6.45) is 65.5. The summed E-state index contributed by atoms with van der Waals surface area (Å²) in [5, 5.41) is 13.7. The van der Waals surface area contributed by atoms with Gasteiger partial charge in [-0.3, -0.25) is 9.36 Å². The van der Waals surface area contributed by atoms with Crippen LogP contribution in [0, 0.1) is 0 Å². The summed E-state index contributed by atoms with van der Waals surface area (Å²) in [4.78, 5) is 25.3. The predicted octanol–water partition coefficient (Wildman–Crippen LogP) is 13.6. The van der Waals surface area contributed by atoms with Crippen molar-refractivity contribution in [2.45, 2.75) is 174 Å². The number of phosphoric acid groups is 1. The minimum atomic E-state index is -4.61. The molecule has 0 saturated heterocycles. The third-order valence-corrected chi connectivity index (χ3v) is 10.9. The van der Waals surface area contributed by atoms with Crippen LogP contribution in [0.1, 0.15) is 162 Å². The standard InChI is InChI=1S/C54H91N2O6P/c1-6-8-10-12-14-16-18-19-20-21-22-23-24-25-26-27-28-29-30-31-32-33-34-35-36-37-38-40-42-44-46-48-54(58)55-52(51-62-63(59,60)61-50-49-56(3,4)5)53(57)47-45-43-41-39-17-15-13-11-9-7-2/h8,10,14,16-17,19-20,22-23,25-26,28-29,31-32,34-35,39,45,47,52-53,57H,6-7,9,11-13,15,18,21,24,27,30,33,36-38,40-44,46,48-51H2,1-5H3,(H-,55,58,59,60)/b10-8-,16-14-,20-19-,23-22-,26-25-,29-28-,32-31-,35-34-,39-17+,47-45+. The molecule has 3 atom stereocenters. The summed E-state index contributed by atoms with van der Waals surface area (Å²) in [7, 11) is 1.21. The Morgan fingerprint density at radius 2 is 0.984 bits per heavy atom. The second-order valence-electron chi connectivity index (χ2n) is 17.1. The summed E-state index contributed by atoms with van der Waals surface area (Å²) < 4.78 is 23.1. The number of nitrogens with one attached hydrogen (secondary N) is 1. The molecular formula is C54H91N2O6P. The van der Waals surface area contributed by atoms with Crippen molar-refractivity contribution >= 4 is 13.7 Å². The zero-order valence-corrected chi connectivity index (χ0v) is 41.4. The highest BCUT2D eigenvalue weighted by atomic mass is 31.2. The fraction of sp³-hybridized carbons (Fsp3) is 0.611. The van der Waals surface area contributed by atoms with Crippen molar-refractivity contribution in [3.05, 3.63) is 122 Å². The average Bonchev–Trinajstić information content (AvgIpc) is 3.24. The summed E-state index contributed by atoms with van der Waals surface area (Å²) in [6, 6.07) is -0.918. The Morgan fingerprint density at radius 1 is 0.571 bits per heavy atom. The Bertz CT molecular complexity index is 1430. The molecule has 0 radical (unpaired) electrons. The number of unbranched alkanes of at least 4 members (excludes halogenated alkanes) is 11. The van der Waals surface area contributed by atoms with Crippen LogP contribution in [0.25, 0.3) is 0 Å². The molecule has 0 aromatic carbocycles. The second-order valence-corrected chi connectivity index (χ2v) is 18.5. The molecule has 8 nitrogen and oxygen atoms in total. The summed E-state index contributed by atoms with van der Waals surface area (Å²) in [6.45, 7) is 4.42. The third-order valence-electron chi connectivity index (χ3n) is 9.91. The lowest BCUT2D eigenvalue weighted by molar-refractivity contribution is -0.870. The Morgan fingerprint density at radius 3 is 1.48 bits per heavy atom. The molecule has 1 amide bonds. The van der Waals surface area contributed by atoms with Gasteiger partial charge < -0.3 is 28.8 Å². The number of aliphatic hydroxyl groups excluding tert-OH is 1. The topological polar surface area (TPSA) is 108 Å². The first-order valence-corrected chi connectivity index (χ1v) is 25.9. The molecule has 0 bridgehead atoms. The molecular weight excluding hydrogens is 804 g/mol. The van der Waals surface area contributed by atoms with Crippen LogP contribution >= 0.6 is 7.82 Å². The van der Waals surface area contributed by atoms with Crippen molar-refractivity contribution in [1.82, 2.24) is 5.32 Å². The van der Waals surface area contributed by atoms with Gasteiger partial charge in [0.05, 0.1) is 39.9 Å². The van der Waals surface area contributed by atoms with E-state index >= 15 is 0 Å². The average molecular weight is 895 g/mol. The van der Waals surface area contributed by atoms with Crippen LogP contribution in [0.4, 0.5) is 0 Å². The fourth-order valence-electron chi connectivity index (χ4n) is 6.06. The van der Waals surface area contributed by atoms with Gasteiger partial charge in [0.2, 0.25) is 5.91 Å². The van der Waals surface area contributed by atoms with Crippen molar-refractivity contribution < 1.29 is 32.9 Å². The minimum Gasteiger partial charge on any atom is -0.756 e. The molecule has 0 saturated carbocycles. The van der Waals surface area contributed by atoms with Crippen molar-refractivity contribution in [2.24, 2.45) is 0 Å². The molecule has 0 aromatic heterocycles. The zero-order valence-electron chi connectivity index (χ0n) is 40.5. The van der Waals surface area contributed by atoms with E-state index in [1.54, 1.807) is 6.08 Å². The van der Waals surface area contributed by atoms with Crippen LogP contribution in [0.15, 0.2) is 122 Å². The Kier molecular flexibility index (Phi) is 41.9. The molecule has 0 rings (SSSR count). The van der Waals surface area contributed by atoms with E-state index < -0.39 is 26.6 Å². The lowest BCUT2D eigenvalue weighted by Gasteiger charge is -2.29. The first-order chi connectivity index (χ1) is 30.5. The van der Waals surface area contributed by atoms with Crippen molar-refractivity contribution in [3.63, 3.8) is 0 Å². The number of allylic oxidation sites excluding steroid dienone is 19. The molecule has 0 aliphatic carbocycles. The van der Waals surface area contributed by atoms with Gasteiger partial charge in [0.1, 0.15) is 13.2 Å². The van der Waals surface area contributed by atoms with Crippen molar-refractivity contribution in [1.29, 1.82) is 0 Å². The molecule has 358 valence electrons. The number of rotatable bonds is 42. The number of carbonyl (C=O) groups excluding carboxylic acids is 1. The van der Waals surface area contributed by atoms with Crippen molar-refractivity contribution in [2.75, 3.05) is 40.9 Å². The Labute approximate surface area is 386 Å². The minimum absolute atomic E-state index is 0.0168. The molecule has 63 heavy (non-hydrogen) atoms. The first kappa shape index (κ1) is 59.9. The molecule has 0 spiro atoms. The highest BCUT2D eigenvalue weighted by Gasteiger charge is 2.23. The smallest absolute Gasteiger partial charge is 0.268 e. The molecule has 0 fully saturated rings. The van der Waals surface area contributed by atoms with Crippen LogP contribution in [0.3, 0.4) is 0 Å². The maximum absolute atomic E-state index is 12.9. The van der Waals surface area contributed by atoms with Crippen LogP contribution in [0.5, 0.6) is 0 Å². The van der Waals surface area contributed by atoms with E-state index in [0.29, 0.717) is 17.4 Å². The van der Waals surface area contributed by atoms with E-state index in [4.69, 9.17) is 9.05 Å². The summed E-state index contributed by atoms with van der Waals surface area (Å²) >= 11 is 0. The zero-order chi connectivity index (χ0) is 46.4. The van der Waals surface area contributed by atoms with Gasteiger partial charge in [-0.05, 0) is 96.3 Å². The molecule has 0 aromatic rings. The summed E-state index contributed by atoms with van der Waals surface area (Å²) in [5.41, 5.74) is 0. The lowest BCUT2D eigenvalue weighted by atomic mass is 10.1.